The summed E-state index contributed by atoms with van der Waals surface area (Å²) >= 11 is 7.50. The number of carbonyl (C=O) groups is 1. The first kappa shape index (κ1) is 27.0. The molecule has 6 rings (SSSR count). The highest BCUT2D eigenvalue weighted by Gasteiger charge is 2.33. The van der Waals surface area contributed by atoms with Crippen LogP contribution in [0.1, 0.15) is 42.1 Å². The normalized spacial score (nSPS) is 15.2. The highest BCUT2D eigenvalue weighted by Crippen LogP contribution is 2.34. The summed E-state index contributed by atoms with van der Waals surface area (Å²) in [5.74, 6) is -0.489. The number of benzene rings is 3. The molecule has 0 aliphatic carbocycles. The van der Waals surface area contributed by atoms with Crippen LogP contribution in [0.3, 0.4) is 0 Å². The summed E-state index contributed by atoms with van der Waals surface area (Å²) < 4.78 is 7.53. The molecule has 0 radical (unpaired) electrons. The first-order valence-corrected chi connectivity index (χ1v) is 14.6. The SMILES string of the molecule is CCOC(=O)C1=C(C)N=c2s/c(=C/c3c(-c4ccccc4)[nH]c4c(C)cc(C)cc34)c(=O)n2[C@@H]1c1ccc(Cl)cc1. The van der Waals surface area contributed by atoms with E-state index in [0.29, 0.717) is 25.6 Å². The van der Waals surface area contributed by atoms with Crippen LogP contribution < -0.4 is 14.9 Å². The fourth-order valence-electron chi connectivity index (χ4n) is 5.54. The topological polar surface area (TPSA) is 76.4 Å². The average molecular weight is 582 g/mol. The number of aryl methyl sites for hydroxylation is 2. The van der Waals surface area contributed by atoms with Crippen LogP contribution in [0, 0.1) is 13.8 Å². The maximum atomic E-state index is 14.2. The first-order chi connectivity index (χ1) is 19.8. The molecule has 0 fully saturated rings. The Labute approximate surface area is 245 Å². The van der Waals surface area contributed by atoms with Crippen molar-refractivity contribution in [2.75, 3.05) is 6.61 Å². The summed E-state index contributed by atoms with van der Waals surface area (Å²) in [4.78, 5) is 36.2. The number of nitrogens with one attached hydrogen (secondary N) is 1. The summed E-state index contributed by atoms with van der Waals surface area (Å²) in [5.41, 5.74) is 7.62. The summed E-state index contributed by atoms with van der Waals surface area (Å²) in [6.07, 6.45) is 1.95. The van der Waals surface area contributed by atoms with Gasteiger partial charge in [0.15, 0.2) is 4.80 Å². The van der Waals surface area contributed by atoms with Crippen LogP contribution in [-0.2, 0) is 9.53 Å². The Hall–Kier alpha value is -4.20. The average Bonchev–Trinajstić information content (AvgIpc) is 3.46. The van der Waals surface area contributed by atoms with Crippen LogP contribution in [0.15, 0.2) is 87.8 Å². The predicted octanol–water partition coefficient (Wildman–Crippen LogP) is 6.22. The number of rotatable bonds is 5. The molecule has 41 heavy (non-hydrogen) atoms. The molecule has 1 aliphatic rings. The minimum atomic E-state index is -0.689. The highest BCUT2D eigenvalue weighted by atomic mass is 35.5. The van der Waals surface area contributed by atoms with Gasteiger partial charge in [0.25, 0.3) is 5.56 Å². The van der Waals surface area contributed by atoms with E-state index in [1.165, 1.54) is 11.3 Å². The van der Waals surface area contributed by atoms with Crippen molar-refractivity contribution < 1.29 is 9.53 Å². The van der Waals surface area contributed by atoms with Gasteiger partial charge >= 0.3 is 5.97 Å². The van der Waals surface area contributed by atoms with Crippen LogP contribution >= 0.6 is 22.9 Å². The molecule has 8 heteroatoms. The molecule has 0 unspecified atom stereocenters. The molecule has 0 bridgehead atoms. The van der Waals surface area contributed by atoms with Gasteiger partial charge in [-0.15, -0.1) is 0 Å². The second-order valence-electron chi connectivity index (χ2n) is 10.1. The molecule has 1 N–H and O–H groups in total. The van der Waals surface area contributed by atoms with E-state index in [1.54, 1.807) is 30.5 Å². The second-order valence-corrected chi connectivity index (χ2v) is 11.6. The number of carbonyl (C=O) groups excluding carboxylic acids is 1. The zero-order chi connectivity index (χ0) is 28.8. The number of hydrogen-bond donors (Lipinski definition) is 1. The van der Waals surface area contributed by atoms with Gasteiger partial charge in [-0.05, 0) is 68.7 Å². The first-order valence-electron chi connectivity index (χ1n) is 13.4. The van der Waals surface area contributed by atoms with Crippen molar-refractivity contribution in [3.63, 3.8) is 0 Å². The zero-order valence-electron chi connectivity index (χ0n) is 23.1. The van der Waals surface area contributed by atoms with Crippen LogP contribution in [-0.4, -0.2) is 22.1 Å². The third-order valence-electron chi connectivity index (χ3n) is 7.33. The Bertz CT molecular complexity index is 2030. The van der Waals surface area contributed by atoms with E-state index in [-0.39, 0.29) is 12.2 Å². The molecule has 206 valence electrons. The molecule has 0 spiro atoms. The van der Waals surface area contributed by atoms with Gasteiger partial charge in [0.2, 0.25) is 0 Å². The Balaban J connectivity index is 1.63. The minimum absolute atomic E-state index is 0.217. The monoisotopic (exact) mass is 581 g/mol. The van der Waals surface area contributed by atoms with E-state index in [4.69, 9.17) is 21.3 Å². The van der Waals surface area contributed by atoms with Gasteiger partial charge in [-0.2, -0.15) is 0 Å². The summed E-state index contributed by atoms with van der Waals surface area (Å²) in [7, 11) is 0. The summed E-state index contributed by atoms with van der Waals surface area (Å²) in [6.45, 7) is 7.92. The lowest BCUT2D eigenvalue weighted by atomic mass is 9.96. The van der Waals surface area contributed by atoms with Gasteiger partial charge in [-0.3, -0.25) is 9.36 Å². The molecule has 1 aliphatic heterocycles. The largest absolute Gasteiger partial charge is 0.463 e. The van der Waals surface area contributed by atoms with E-state index in [1.807, 2.05) is 36.4 Å². The number of fused-ring (bicyclic) bond motifs is 2. The third-order valence-corrected chi connectivity index (χ3v) is 8.56. The number of hydrogen-bond acceptors (Lipinski definition) is 5. The molecule has 1 atom stereocenters. The van der Waals surface area contributed by atoms with Gasteiger partial charge in [0.05, 0.1) is 34.1 Å². The Morgan fingerprint density at radius 2 is 1.83 bits per heavy atom. The van der Waals surface area contributed by atoms with E-state index in [2.05, 4.69) is 43.1 Å². The third kappa shape index (κ3) is 4.75. The van der Waals surface area contributed by atoms with Crippen molar-refractivity contribution in [2.24, 2.45) is 4.99 Å². The Morgan fingerprint density at radius 1 is 1.10 bits per heavy atom. The van der Waals surface area contributed by atoms with E-state index < -0.39 is 12.0 Å². The maximum Gasteiger partial charge on any atom is 0.338 e. The number of esters is 1. The highest BCUT2D eigenvalue weighted by molar-refractivity contribution is 7.07. The van der Waals surface area contributed by atoms with Gasteiger partial charge in [0.1, 0.15) is 0 Å². The number of aromatic nitrogens is 2. The molecule has 0 amide bonds. The fraction of sp³-hybridized carbons (Fsp3) is 0.182. The van der Waals surface area contributed by atoms with Crippen molar-refractivity contribution >= 4 is 45.9 Å². The number of H-pyrrole nitrogens is 1. The standard InChI is InChI=1S/C33H28ClN3O3S/c1-5-40-32(39)27-20(4)35-33-37(30(27)22-11-13-23(34)14-12-22)31(38)26(41-33)17-25-24-16-18(2)15-19(3)28(24)36-29(25)21-9-7-6-8-10-21/h6-17,30,36H,5H2,1-4H3/b26-17+/t30-/m1/s1. The molecule has 2 aromatic heterocycles. The Morgan fingerprint density at radius 3 is 2.54 bits per heavy atom. The van der Waals surface area contributed by atoms with Crippen molar-refractivity contribution in [1.82, 2.24) is 9.55 Å². The minimum Gasteiger partial charge on any atom is -0.463 e. The lowest BCUT2D eigenvalue weighted by molar-refractivity contribution is -0.139. The molecule has 3 aromatic carbocycles. The van der Waals surface area contributed by atoms with Gasteiger partial charge in [-0.1, -0.05) is 77.0 Å². The number of halogens is 1. The van der Waals surface area contributed by atoms with Crippen molar-refractivity contribution in [2.45, 2.75) is 33.7 Å². The number of ether oxygens (including phenoxy) is 1. The van der Waals surface area contributed by atoms with E-state index >= 15 is 0 Å². The molecule has 0 saturated carbocycles. The van der Waals surface area contributed by atoms with Gasteiger partial charge in [0, 0.05) is 21.5 Å². The quantitative estimate of drug-likeness (QED) is 0.250. The van der Waals surface area contributed by atoms with Crippen LogP contribution in [0.4, 0.5) is 0 Å². The maximum absolute atomic E-state index is 14.2. The van der Waals surface area contributed by atoms with Crippen LogP contribution in [0.2, 0.25) is 5.02 Å². The second kappa shape index (κ2) is 10.7. The van der Waals surface area contributed by atoms with E-state index in [9.17, 15) is 9.59 Å². The number of nitrogens with zero attached hydrogens (tertiary/aromatic N) is 2. The van der Waals surface area contributed by atoms with Gasteiger partial charge in [-0.25, -0.2) is 9.79 Å². The van der Waals surface area contributed by atoms with Crippen LogP contribution in [0.5, 0.6) is 0 Å². The van der Waals surface area contributed by atoms with Crippen molar-refractivity contribution in [1.29, 1.82) is 0 Å². The molecule has 6 nitrogen and oxygen atoms in total. The molecular formula is C33H28ClN3O3S. The molecule has 5 aromatic rings. The number of aromatic amines is 1. The summed E-state index contributed by atoms with van der Waals surface area (Å²) in [5, 5.41) is 1.61. The van der Waals surface area contributed by atoms with Crippen molar-refractivity contribution in [3.8, 4) is 11.3 Å². The molecule has 0 saturated heterocycles. The zero-order valence-corrected chi connectivity index (χ0v) is 24.7. The predicted molar refractivity (Wildman–Crippen MR) is 165 cm³/mol. The summed E-state index contributed by atoms with van der Waals surface area (Å²) in [6, 6.07) is 20.9. The van der Waals surface area contributed by atoms with E-state index in [0.717, 1.165) is 44.4 Å². The number of allylic oxidation sites excluding steroid dienone is 1. The fourth-order valence-corrected chi connectivity index (χ4v) is 6.69. The lowest BCUT2D eigenvalue weighted by Crippen LogP contribution is -2.39. The molecule has 3 heterocycles. The van der Waals surface area contributed by atoms with Crippen molar-refractivity contribution in [3.05, 3.63) is 125 Å². The number of thiazole rings is 1. The van der Waals surface area contributed by atoms with Crippen LogP contribution in [0.25, 0.3) is 28.2 Å². The smallest absolute Gasteiger partial charge is 0.338 e. The Kier molecular flexibility index (Phi) is 7.01. The van der Waals surface area contributed by atoms with Gasteiger partial charge < -0.3 is 9.72 Å². The lowest BCUT2D eigenvalue weighted by Gasteiger charge is -2.24. The molecular weight excluding hydrogens is 554 g/mol.